The zero-order chi connectivity index (χ0) is 10.7. The minimum atomic E-state index is 0.915. The van der Waals surface area contributed by atoms with Gasteiger partial charge in [-0.25, -0.2) is 0 Å². The van der Waals surface area contributed by atoms with Gasteiger partial charge >= 0.3 is 0 Å². The maximum atomic E-state index is 3.57. The van der Waals surface area contributed by atoms with E-state index in [1.807, 2.05) is 11.3 Å². The molecule has 0 aliphatic heterocycles. The van der Waals surface area contributed by atoms with Crippen LogP contribution in [0.25, 0.3) is 0 Å². The van der Waals surface area contributed by atoms with Gasteiger partial charge in [-0.2, -0.15) is 0 Å². The van der Waals surface area contributed by atoms with Crippen molar-refractivity contribution in [1.82, 2.24) is 5.32 Å². The van der Waals surface area contributed by atoms with Gasteiger partial charge in [0, 0.05) is 15.9 Å². The van der Waals surface area contributed by atoms with Crippen molar-refractivity contribution in [2.45, 2.75) is 32.7 Å². The van der Waals surface area contributed by atoms with E-state index in [2.05, 4.69) is 39.6 Å². The standard InChI is InChI=1S/C12H18BrNS/c1-9-2-3-10(6-9)7-14-8-12-11(13)4-5-15-12/h4-5,9-10,14H,2-3,6-8H2,1H3. The van der Waals surface area contributed by atoms with E-state index in [0.29, 0.717) is 0 Å². The molecular weight excluding hydrogens is 270 g/mol. The van der Waals surface area contributed by atoms with E-state index in [1.54, 1.807) is 0 Å². The molecule has 1 nitrogen and oxygen atoms in total. The molecule has 1 aliphatic rings. The van der Waals surface area contributed by atoms with Crippen molar-refractivity contribution in [3.63, 3.8) is 0 Å². The molecule has 0 amide bonds. The molecule has 0 saturated heterocycles. The molecule has 1 aliphatic carbocycles. The number of nitrogens with one attached hydrogen (secondary N) is 1. The first kappa shape index (κ1) is 11.6. The smallest absolute Gasteiger partial charge is 0.0327 e. The lowest BCUT2D eigenvalue weighted by atomic mass is 10.1. The van der Waals surface area contributed by atoms with Crippen LogP contribution in [-0.2, 0) is 6.54 Å². The first-order valence-corrected chi connectivity index (χ1v) is 7.35. The van der Waals surface area contributed by atoms with E-state index in [4.69, 9.17) is 0 Å². The summed E-state index contributed by atoms with van der Waals surface area (Å²) in [5.74, 6) is 1.86. The predicted octanol–water partition coefficient (Wildman–Crippen LogP) is 4.04. The van der Waals surface area contributed by atoms with Crippen molar-refractivity contribution in [2.75, 3.05) is 6.54 Å². The Balaban J connectivity index is 1.69. The van der Waals surface area contributed by atoms with Crippen LogP contribution in [0.15, 0.2) is 15.9 Å². The van der Waals surface area contributed by atoms with Gasteiger partial charge in [-0.3, -0.25) is 0 Å². The monoisotopic (exact) mass is 287 g/mol. The fourth-order valence-corrected chi connectivity index (χ4v) is 3.81. The minimum absolute atomic E-state index is 0.915. The van der Waals surface area contributed by atoms with Gasteiger partial charge in [0.2, 0.25) is 0 Å². The van der Waals surface area contributed by atoms with Gasteiger partial charge in [-0.15, -0.1) is 11.3 Å². The molecule has 0 radical (unpaired) electrons. The second-order valence-corrected chi connectivity index (χ2v) is 6.46. The Morgan fingerprint density at radius 2 is 2.40 bits per heavy atom. The summed E-state index contributed by atoms with van der Waals surface area (Å²) in [6.07, 6.45) is 4.26. The molecule has 3 heteroatoms. The summed E-state index contributed by atoms with van der Waals surface area (Å²) in [4.78, 5) is 1.42. The van der Waals surface area contributed by atoms with Crippen LogP contribution < -0.4 is 5.32 Å². The summed E-state index contributed by atoms with van der Waals surface area (Å²) >= 11 is 5.38. The number of thiophene rings is 1. The maximum Gasteiger partial charge on any atom is 0.0327 e. The Bertz CT molecular complexity index is 310. The molecule has 1 aromatic heterocycles. The number of rotatable bonds is 4. The van der Waals surface area contributed by atoms with Crippen molar-refractivity contribution in [3.8, 4) is 0 Å². The predicted molar refractivity (Wildman–Crippen MR) is 70.2 cm³/mol. The SMILES string of the molecule is CC1CCC(CNCc2sccc2Br)C1. The second kappa shape index (κ2) is 5.46. The molecule has 0 spiro atoms. The first-order valence-electron chi connectivity index (χ1n) is 5.68. The fraction of sp³-hybridized carbons (Fsp3) is 0.667. The van der Waals surface area contributed by atoms with E-state index in [0.717, 1.165) is 18.4 Å². The highest BCUT2D eigenvalue weighted by Gasteiger charge is 2.20. The van der Waals surface area contributed by atoms with Crippen LogP contribution in [0.5, 0.6) is 0 Å². The minimum Gasteiger partial charge on any atom is -0.312 e. The molecule has 1 N–H and O–H groups in total. The van der Waals surface area contributed by atoms with Gasteiger partial charge in [0.15, 0.2) is 0 Å². The van der Waals surface area contributed by atoms with E-state index < -0.39 is 0 Å². The highest BCUT2D eigenvalue weighted by atomic mass is 79.9. The van der Waals surface area contributed by atoms with Gasteiger partial charge in [0.1, 0.15) is 0 Å². The number of hydrogen-bond donors (Lipinski definition) is 1. The van der Waals surface area contributed by atoms with E-state index in [9.17, 15) is 0 Å². The van der Waals surface area contributed by atoms with Gasteiger partial charge in [0.05, 0.1) is 0 Å². The topological polar surface area (TPSA) is 12.0 Å². The molecule has 2 unspecified atom stereocenters. The van der Waals surface area contributed by atoms with Crippen LogP contribution in [0.2, 0.25) is 0 Å². The van der Waals surface area contributed by atoms with Crippen molar-refractivity contribution < 1.29 is 0 Å². The van der Waals surface area contributed by atoms with Crippen molar-refractivity contribution >= 4 is 27.3 Å². The molecular formula is C12H18BrNS. The molecule has 0 aromatic carbocycles. The summed E-state index contributed by atoms with van der Waals surface area (Å²) in [5.41, 5.74) is 0. The Hall–Kier alpha value is 0.140. The van der Waals surface area contributed by atoms with E-state index >= 15 is 0 Å². The fourth-order valence-electron chi connectivity index (χ4n) is 2.35. The quantitative estimate of drug-likeness (QED) is 0.881. The van der Waals surface area contributed by atoms with Gasteiger partial charge < -0.3 is 5.32 Å². The van der Waals surface area contributed by atoms with Crippen LogP contribution in [0.3, 0.4) is 0 Å². The summed E-state index contributed by atoms with van der Waals surface area (Å²) < 4.78 is 1.25. The van der Waals surface area contributed by atoms with Gasteiger partial charge in [-0.1, -0.05) is 13.3 Å². The third-order valence-electron chi connectivity index (χ3n) is 3.21. The Kier molecular flexibility index (Phi) is 4.23. The molecule has 2 rings (SSSR count). The molecule has 2 atom stereocenters. The van der Waals surface area contributed by atoms with Crippen LogP contribution in [-0.4, -0.2) is 6.54 Å². The molecule has 1 aromatic rings. The van der Waals surface area contributed by atoms with Crippen molar-refractivity contribution in [1.29, 1.82) is 0 Å². The lowest BCUT2D eigenvalue weighted by Crippen LogP contribution is -2.20. The Morgan fingerprint density at radius 3 is 3.00 bits per heavy atom. The van der Waals surface area contributed by atoms with Crippen LogP contribution in [0.1, 0.15) is 31.1 Å². The lowest BCUT2D eigenvalue weighted by molar-refractivity contribution is 0.471. The van der Waals surface area contributed by atoms with Gasteiger partial charge in [-0.05, 0) is 58.6 Å². The van der Waals surface area contributed by atoms with Gasteiger partial charge in [0.25, 0.3) is 0 Å². The molecule has 84 valence electrons. The van der Waals surface area contributed by atoms with E-state index in [-0.39, 0.29) is 0 Å². The molecule has 0 bridgehead atoms. The summed E-state index contributed by atoms with van der Waals surface area (Å²) in [7, 11) is 0. The average Bonchev–Trinajstić information content (AvgIpc) is 2.77. The van der Waals surface area contributed by atoms with Crippen molar-refractivity contribution in [3.05, 3.63) is 20.8 Å². The second-order valence-electron chi connectivity index (χ2n) is 4.61. The zero-order valence-electron chi connectivity index (χ0n) is 9.13. The molecule has 1 saturated carbocycles. The third kappa shape index (κ3) is 3.30. The number of halogens is 1. The van der Waals surface area contributed by atoms with Crippen molar-refractivity contribution in [2.24, 2.45) is 11.8 Å². The number of hydrogen-bond acceptors (Lipinski definition) is 2. The highest BCUT2D eigenvalue weighted by molar-refractivity contribution is 9.10. The molecule has 1 fully saturated rings. The Morgan fingerprint density at radius 1 is 1.53 bits per heavy atom. The first-order chi connectivity index (χ1) is 7.25. The highest BCUT2D eigenvalue weighted by Crippen LogP contribution is 2.30. The molecule has 1 heterocycles. The summed E-state index contributed by atoms with van der Waals surface area (Å²) in [6, 6.07) is 2.12. The summed E-state index contributed by atoms with van der Waals surface area (Å²) in [5, 5.41) is 5.71. The Labute approximate surface area is 104 Å². The largest absolute Gasteiger partial charge is 0.312 e. The third-order valence-corrected chi connectivity index (χ3v) is 5.14. The summed E-state index contributed by atoms with van der Waals surface area (Å²) in [6.45, 7) is 4.58. The van der Waals surface area contributed by atoms with Crippen LogP contribution in [0.4, 0.5) is 0 Å². The normalized spacial score (nSPS) is 26.0. The van der Waals surface area contributed by atoms with Crippen LogP contribution in [0, 0.1) is 11.8 Å². The van der Waals surface area contributed by atoms with Crippen LogP contribution >= 0.6 is 27.3 Å². The maximum absolute atomic E-state index is 3.57. The average molecular weight is 288 g/mol. The lowest BCUT2D eigenvalue weighted by Gasteiger charge is -2.10. The zero-order valence-corrected chi connectivity index (χ0v) is 11.5. The van der Waals surface area contributed by atoms with E-state index in [1.165, 1.54) is 35.2 Å². The molecule has 15 heavy (non-hydrogen) atoms.